The molecule has 0 fully saturated rings. The van der Waals surface area contributed by atoms with E-state index in [1.165, 1.54) is 13.1 Å². The highest BCUT2D eigenvalue weighted by Crippen LogP contribution is 2.19. The molecular formula is C6H10N2O4S. The van der Waals surface area contributed by atoms with Gasteiger partial charge in [0, 0.05) is 12.6 Å². The van der Waals surface area contributed by atoms with Crippen LogP contribution in [0.1, 0.15) is 13.3 Å². The van der Waals surface area contributed by atoms with Crippen LogP contribution in [-0.4, -0.2) is 32.4 Å². The van der Waals surface area contributed by atoms with Crippen molar-refractivity contribution in [2.45, 2.75) is 18.9 Å². The quantitative estimate of drug-likeness (QED) is 0.642. The van der Waals surface area contributed by atoms with Crippen molar-refractivity contribution in [2.75, 3.05) is 6.26 Å². The molecule has 1 unspecified atom stereocenters. The number of hydrogen-bond acceptors (Lipinski definition) is 5. The van der Waals surface area contributed by atoms with Gasteiger partial charge in [0.2, 0.25) is 15.6 Å². The summed E-state index contributed by atoms with van der Waals surface area (Å²) in [5, 5.41) is 3.41. The van der Waals surface area contributed by atoms with E-state index >= 15 is 0 Å². The fourth-order valence-corrected chi connectivity index (χ4v) is 1.37. The summed E-state index contributed by atoms with van der Waals surface area (Å²) in [6.45, 7) is 1.47. The Morgan fingerprint density at radius 3 is 2.69 bits per heavy atom. The molecule has 0 aromatic rings. The topological polar surface area (TPSA) is 84.8 Å². The minimum absolute atomic E-state index is 0.272. The molecule has 1 atom stereocenters. The molecule has 0 saturated heterocycles. The van der Waals surface area contributed by atoms with Gasteiger partial charge < -0.3 is 4.84 Å². The summed E-state index contributed by atoms with van der Waals surface area (Å²) in [6.07, 6.45) is 2.60. The summed E-state index contributed by atoms with van der Waals surface area (Å²) >= 11 is 0. The molecule has 1 heterocycles. The summed E-state index contributed by atoms with van der Waals surface area (Å²) < 4.78 is 23.3. The Balaban J connectivity index is 2.69. The lowest BCUT2D eigenvalue weighted by Gasteiger charge is -2.18. The maximum atomic E-state index is 11.3. The Morgan fingerprint density at radius 2 is 2.31 bits per heavy atom. The van der Waals surface area contributed by atoms with E-state index in [0.717, 1.165) is 6.26 Å². The third kappa shape index (κ3) is 2.41. The van der Waals surface area contributed by atoms with Crippen molar-refractivity contribution >= 4 is 22.1 Å². The van der Waals surface area contributed by atoms with Gasteiger partial charge in [-0.2, -0.15) is 0 Å². The van der Waals surface area contributed by atoms with Crippen LogP contribution in [0.3, 0.4) is 0 Å². The predicted molar refractivity (Wildman–Crippen MR) is 45.6 cm³/mol. The normalized spacial score (nSPS) is 26.9. The largest absolute Gasteiger partial charge is 0.379 e. The van der Waals surface area contributed by atoms with Gasteiger partial charge in [0.05, 0.1) is 6.26 Å². The predicted octanol–water partition coefficient (Wildman–Crippen LogP) is -0.773. The molecule has 0 aromatic heterocycles. The van der Waals surface area contributed by atoms with Crippen LogP contribution >= 0.6 is 0 Å². The Morgan fingerprint density at radius 1 is 1.69 bits per heavy atom. The second-order valence-corrected chi connectivity index (χ2v) is 4.77. The van der Waals surface area contributed by atoms with Crippen LogP contribution in [0.25, 0.3) is 0 Å². The van der Waals surface area contributed by atoms with E-state index in [1.54, 1.807) is 0 Å². The van der Waals surface area contributed by atoms with Crippen molar-refractivity contribution < 1.29 is 18.0 Å². The van der Waals surface area contributed by atoms with Gasteiger partial charge in [0.1, 0.15) is 0 Å². The van der Waals surface area contributed by atoms with Gasteiger partial charge in [-0.25, -0.2) is 13.1 Å². The zero-order valence-corrected chi connectivity index (χ0v) is 8.09. The number of amides is 1. The van der Waals surface area contributed by atoms with Crippen LogP contribution in [0, 0.1) is 0 Å². The van der Waals surface area contributed by atoms with Crippen LogP contribution in [0.2, 0.25) is 0 Å². The first-order valence-electron chi connectivity index (χ1n) is 3.56. The average molecular weight is 206 g/mol. The SMILES string of the molecule is CC1(C(=O)NS(C)(=O)=O)CC=NO1. The van der Waals surface area contributed by atoms with Crippen molar-refractivity contribution in [3.63, 3.8) is 0 Å². The summed E-state index contributed by atoms with van der Waals surface area (Å²) in [5.74, 6) is -0.701. The van der Waals surface area contributed by atoms with Crippen LogP contribution in [0.5, 0.6) is 0 Å². The number of nitrogens with one attached hydrogen (secondary N) is 1. The first kappa shape index (κ1) is 9.97. The van der Waals surface area contributed by atoms with E-state index in [1.807, 2.05) is 4.72 Å². The Hall–Kier alpha value is -1.11. The first-order chi connectivity index (χ1) is 5.83. The number of sulfonamides is 1. The summed E-state index contributed by atoms with van der Waals surface area (Å²) in [6, 6.07) is 0. The van der Waals surface area contributed by atoms with Crippen LogP contribution < -0.4 is 4.72 Å². The van der Waals surface area contributed by atoms with Crippen LogP contribution in [0.15, 0.2) is 5.16 Å². The standard InChI is InChI=1S/C6H10N2O4S/c1-6(3-4-7-12-6)5(9)8-13(2,10)11/h4H,3H2,1-2H3,(H,8,9). The molecule has 0 aromatic carbocycles. The lowest BCUT2D eigenvalue weighted by Crippen LogP contribution is -2.46. The molecule has 1 amide bonds. The highest BCUT2D eigenvalue weighted by Gasteiger charge is 2.39. The molecule has 1 aliphatic rings. The van der Waals surface area contributed by atoms with E-state index in [-0.39, 0.29) is 6.42 Å². The monoisotopic (exact) mass is 206 g/mol. The van der Waals surface area contributed by atoms with E-state index in [0.29, 0.717) is 0 Å². The molecule has 74 valence electrons. The highest BCUT2D eigenvalue weighted by atomic mass is 32.2. The number of nitrogens with zero attached hydrogens (tertiary/aromatic N) is 1. The molecular weight excluding hydrogens is 196 g/mol. The zero-order valence-electron chi connectivity index (χ0n) is 7.27. The van der Waals surface area contributed by atoms with Gasteiger partial charge in [0.15, 0.2) is 0 Å². The maximum Gasteiger partial charge on any atom is 0.280 e. The van der Waals surface area contributed by atoms with Gasteiger partial charge in [-0.15, -0.1) is 0 Å². The fourth-order valence-electron chi connectivity index (χ4n) is 0.813. The molecule has 7 heteroatoms. The van der Waals surface area contributed by atoms with E-state index in [2.05, 4.69) is 5.16 Å². The van der Waals surface area contributed by atoms with E-state index in [9.17, 15) is 13.2 Å². The Bertz CT molecular complexity index is 338. The van der Waals surface area contributed by atoms with Crippen molar-refractivity contribution in [1.82, 2.24) is 4.72 Å². The van der Waals surface area contributed by atoms with Crippen molar-refractivity contribution in [3.05, 3.63) is 0 Å². The first-order valence-corrected chi connectivity index (χ1v) is 5.45. The minimum atomic E-state index is -3.53. The van der Waals surface area contributed by atoms with Crippen molar-refractivity contribution in [3.8, 4) is 0 Å². The van der Waals surface area contributed by atoms with Gasteiger partial charge in [0.25, 0.3) is 5.91 Å². The van der Waals surface area contributed by atoms with Gasteiger partial charge in [-0.1, -0.05) is 5.16 Å². The second kappa shape index (κ2) is 2.99. The number of carbonyl (C=O) groups is 1. The maximum absolute atomic E-state index is 11.3. The molecule has 0 radical (unpaired) electrons. The number of carbonyl (C=O) groups excluding carboxylic acids is 1. The van der Waals surface area contributed by atoms with Gasteiger partial charge in [-0.3, -0.25) is 4.79 Å². The average Bonchev–Trinajstić information content (AvgIpc) is 2.33. The lowest BCUT2D eigenvalue weighted by molar-refractivity contribution is -0.139. The minimum Gasteiger partial charge on any atom is -0.379 e. The Kier molecular flexibility index (Phi) is 2.29. The fraction of sp³-hybridized carbons (Fsp3) is 0.667. The van der Waals surface area contributed by atoms with Gasteiger partial charge in [-0.05, 0) is 6.92 Å². The molecule has 6 nitrogen and oxygen atoms in total. The smallest absolute Gasteiger partial charge is 0.280 e. The van der Waals surface area contributed by atoms with E-state index in [4.69, 9.17) is 4.84 Å². The lowest BCUT2D eigenvalue weighted by atomic mass is 10.0. The molecule has 0 aliphatic carbocycles. The summed E-state index contributed by atoms with van der Waals surface area (Å²) in [7, 11) is -3.53. The number of rotatable bonds is 2. The highest BCUT2D eigenvalue weighted by molar-refractivity contribution is 7.89. The van der Waals surface area contributed by atoms with Crippen molar-refractivity contribution in [1.29, 1.82) is 0 Å². The molecule has 13 heavy (non-hydrogen) atoms. The third-order valence-corrected chi connectivity index (χ3v) is 2.12. The van der Waals surface area contributed by atoms with Gasteiger partial charge >= 0.3 is 0 Å². The Labute approximate surface area is 76.0 Å². The molecule has 0 bridgehead atoms. The van der Waals surface area contributed by atoms with Crippen LogP contribution in [-0.2, 0) is 19.7 Å². The summed E-state index contributed by atoms with van der Waals surface area (Å²) in [5.41, 5.74) is -1.19. The van der Waals surface area contributed by atoms with Crippen molar-refractivity contribution in [2.24, 2.45) is 5.16 Å². The summed E-state index contributed by atoms with van der Waals surface area (Å²) in [4.78, 5) is 16.0. The molecule has 1 aliphatic heterocycles. The number of oxime groups is 1. The molecule has 1 N–H and O–H groups in total. The third-order valence-electron chi connectivity index (χ3n) is 1.57. The zero-order chi connectivity index (χ0) is 10.1. The molecule has 1 rings (SSSR count). The number of hydrogen-bond donors (Lipinski definition) is 1. The van der Waals surface area contributed by atoms with Crippen LogP contribution in [0.4, 0.5) is 0 Å². The second-order valence-electron chi connectivity index (χ2n) is 3.02. The molecule has 0 saturated carbocycles. The molecule has 0 spiro atoms. The van der Waals surface area contributed by atoms with E-state index < -0.39 is 21.5 Å².